The number of amides is 1. The largest absolute Gasteiger partial charge is 0.459 e. The molecule has 0 saturated carbocycles. The number of carbonyl (C=O) groups is 2. The van der Waals surface area contributed by atoms with Crippen LogP contribution in [0, 0.1) is 0 Å². The van der Waals surface area contributed by atoms with Crippen molar-refractivity contribution in [1.29, 1.82) is 0 Å². The second-order valence-corrected chi connectivity index (χ2v) is 9.77. The lowest BCUT2D eigenvalue weighted by molar-refractivity contribution is -0.115. The number of hydrogen-bond donors (Lipinski definition) is 2. The van der Waals surface area contributed by atoms with Gasteiger partial charge in [0.25, 0.3) is 5.91 Å². The third-order valence-corrected chi connectivity index (χ3v) is 7.90. The maximum atomic E-state index is 12.6. The number of aliphatic hydroxyl groups excluding tert-OH is 1. The van der Waals surface area contributed by atoms with Crippen molar-refractivity contribution in [1.82, 2.24) is 19.5 Å². The molecule has 6 rings (SSSR count). The van der Waals surface area contributed by atoms with E-state index in [0.29, 0.717) is 28.0 Å². The van der Waals surface area contributed by atoms with Gasteiger partial charge in [0, 0.05) is 11.3 Å². The average molecular weight is 504 g/mol. The van der Waals surface area contributed by atoms with Crippen molar-refractivity contribution in [2.24, 2.45) is 0 Å². The lowest BCUT2D eigenvalue weighted by Crippen LogP contribution is -2.45. The van der Waals surface area contributed by atoms with Gasteiger partial charge in [0.1, 0.15) is 24.6 Å². The molecule has 2 N–H and O–H groups in total. The van der Waals surface area contributed by atoms with Crippen molar-refractivity contribution in [2.45, 2.75) is 23.2 Å². The Hall–Kier alpha value is -3.80. The number of ether oxygens (including phenoxy) is 2. The molecule has 4 heterocycles. The van der Waals surface area contributed by atoms with Gasteiger partial charge in [-0.05, 0) is 24.3 Å². The molecular weight excluding hydrogens is 482 g/mol. The Morgan fingerprint density at radius 1 is 1.08 bits per heavy atom. The Kier molecular flexibility index (Phi) is 5.67. The van der Waals surface area contributed by atoms with Crippen molar-refractivity contribution in [3.05, 3.63) is 84.4 Å². The van der Waals surface area contributed by atoms with Crippen LogP contribution in [0.2, 0.25) is 0 Å². The summed E-state index contributed by atoms with van der Waals surface area (Å²) < 4.78 is 13.6. The third-order valence-electron chi connectivity index (χ3n) is 6.36. The molecule has 2 saturated heterocycles. The molecule has 1 amide bonds. The molecule has 11 heteroatoms. The van der Waals surface area contributed by atoms with E-state index in [4.69, 9.17) is 9.47 Å². The molecule has 2 bridgehead atoms. The first kappa shape index (κ1) is 22.7. The number of fused-ring (bicyclic) bond motifs is 3. The number of imidazole rings is 1. The minimum atomic E-state index is -1.04. The highest BCUT2D eigenvalue weighted by Crippen LogP contribution is 2.52. The highest BCUT2D eigenvalue weighted by atomic mass is 32.2. The standard InChI is InChI=1S/C25H21N5O5S/c31-19-18-23(35-25(19,12-36-18)11-34-24(33)16-9-5-2-6-10-16)30-14-28-17-20(26-13-27-21(17)30)29-22(32)15-7-3-1-4-8-15/h1-10,13-14,18-19,23,31H,11-12H2,(H,26,27,29,32)/t18?,19?,23-,25-/m1/s1. The van der Waals surface area contributed by atoms with Crippen LogP contribution in [-0.2, 0) is 9.47 Å². The summed E-state index contributed by atoms with van der Waals surface area (Å²) in [5.41, 5.74) is 0.736. The van der Waals surface area contributed by atoms with Crippen LogP contribution in [0.4, 0.5) is 5.82 Å². The van der Waals surface area contributed by atoms with Crippen molar-refractivity contribution in [3.63, 3.8) is 0 Å². The summed E-state index contributed by atoms with van der Waals surface area (Å²) in [6.07, 6.45) is 1.45. The van der Waals surface area contributed by atoms with Gasteiger partial charge in [-0.25, -0.2) is 19.7 Å². The zero-order valence-electron chi connectivity index (χ0n) is 18.9. The normalized spacial score (nSPS) is 24.6. The zero-order chi connectivity index (χ0) is 24.7. The number of rotatable bonds is 6. The number of hydrogen-bond acceptors (Lipinski definition) is 9. The first-order chi connectivity index (χ1) is 17.6. The Morgan fingerprint density at radius 3 is 2.56 bits per heavy atom. The van der Waals surface area contributed by atoms with Gasteiger partial charge >= 0.3 is 5.97 Å². The minimum absolute atomic E-state index is 0.0815. The van der Waals surface area contributed by atoms with Crippen molar-refractivity contribution in [3.8, 4) is 0 Å². The van der Waals surface area contributed by atoms with Crippen LogP contribution in [0.5, 0.6) is 0 Å². The van der Waals surface area contributed by atoms with E-state index in [1.165, 1.54) is 6.33 Å². The van der Waals surface area contributed by atoms with Gasteiger partial charge < -0.3 is 19.9 Å². The quantitative estimate of drug-likeness (QED) is 0.382. The van der Waals surface area contributed by atoms with Crippen LogP contribution in [0.3, 0.4) is 0 Å². The van der Waals surface area contributed by atoms with Crippen LogP contribution in [0.15, 0.2) is 73.3 Å². The minimum Gasteiger partial charge on any atom is -0.459 e. The Labute approximate surface area is 209 Å². The Morgan fingerprint density at radius 2 is 1.81 bits per heavy atom. The van der Waals surface area contributed by atoms with E-state index < -0.39 is 23.9 Å². The Bertz CT molecular complexity index is 1430. The number of aromatic nitrogens is 4. The molecular formula is C25H21N5O5S. The molecule has 0 radical (unpaired) electrons. The smallest absolute Gasteiger partial charge is 0.338 e. The molecule has 0 aliphatic carbocycles. The summed E-state index contributed by atoms with van der Waals surface area (Å²) in [7, 11) is 0. The van der Waals surface area contributed by atoms with Gasteiger partial charge in [0.2, 0.25) is 0 Å². The lowest BCUT2D eigenvalue weighted by Gasteiger charge is -2.30. The molecule has 2 aliphatic rings. The number of thioether (sulfide) groups is 1. The average Bonchev–Trinajstić information content (AvgIpc) is 3.58. The summed E-state index contributed by atoms with van der Waals surface area (Å²) >= 11 is 1.55. The summed E-state index contributed by atoms with van der Waals surface area (Å²) in [4.78, 5) is 38.1. The molecule has 182 valence electrons. The first-order valence-electron chi connectivity index (χ1n) is 11.3. The number of nitrogens with zero attached hydrogens (tertiary/aromatic N) is 4. The fraction of sp³-hybridized carbons (Fsp3) is 0.240. The molecule has 2 fully saturated rings. The maximum absolute atomic E-state index is 12.6. The van der Waals surface area contributed by atoms with E-state index in [1.807, 2.05) is 12.1 Å². The third kappa shape index (κ3) is 3.81. The highest BCUT2D eigenvalue weighted by Gasteiger charge is 2.61. The van der Waals surface area contributed by atoms with Crippen molar-refractivity contribution >= 4 is 40.6 Å². The van der Waals surface area contributed by atoms with Gasteiger partial charge in [0.15, 0.2) is 23.2 Å². The number of esters is 1. The van der Waals surface area contributed by atoms with Gasteiger partial charge in [-0.1, -0.05) is 36.4 Å². The van der Waals surface area contributed by atoms with Gasteiger partial charge in [-0.15, -0.1) is 11.8 Å². The summed E-state index contributed by atoms with van der Waals surface area (Å²) in [5.74, 6) is -0.0311. The van der Waals surface area contributed by atoms with Crippen LogP contribution < -0.4 is 5.32 Å². The summed E-state index contributed by atoms with van der Waals surface area (Å²) in [6, 6.07) is 17.5. The van der Waals surface area contributed by atoms with Crippen molar-refractivity contribution in [2.75, 3.05) is 17.7 Å². The molecule has 2 aromatic carbocycles. The Balaban J connectivity index is 1.23. The van der Waals surface area contributed by atoms with Crippen molar-refractivity contribution < 1.29 is 24.2 Å². The number of nitrogens with one attached hydrogen (secondary N) is 1. The second-order valence-electron chi connectivity index (χ2n) is 8.60. The molecule has 2 aliphatic heterocycles. The molecule has 0 spiro atoms. The number of aliphatic hydroxyl groups is 1. The molecule has 2 aromatic heterocycles. The van der Waals surface area contributed by atoms with Crippen LogP contribution in [0.1, 0.15) is 26.9 Å². The summed E-state index contributed by atoms with van der Waals surface area (Å²) in [6.45, 7) is -0.0815. The van der Waals surface area contributed by atoms with E-state index in [1.54, 1.807) is 71.2 Å². The molecule has 2 unspecified atom stereocenters. The van der Waals surface area contributed by atoms with E-state index in [-0.39, 0.29) is 23.6 Å². The van der Waals surface area contributed by atoms with E-state index >= 15 is 0 Å². The van der Waals surface area contributed by atoms with E-state index in [2.05, 4.69) is 20.3 Å². The number of carbonyl (C=O) groups excluding carboxylic acids is 2. The van der Waals surface area contributed by atoms with Crippen LogP contribution in [-0.4, -0.2) is 65.8 Å². The monoisotopic (exact) mass is 503 g/mol. The predicted octanol–water partition coefficient (Wildman–Crippen LogP) is 2.68. The molecule has 36 heavy (non-hydrogen) atoms. The highest BCUT2D eigenvalue weighted by molar-refractivity contribution is 8.00. The fourth-order valence-electron chi connectivity index (χ4n) is 4.48. The topological polar surface area (TPSA) is 128 Å². The van der Waals surface area contributed by atoms with Crippen LogP contribution >= 0.6 is 11.8 Å². The lowest BCUT2D eigenvalue weighted by atomic mass is 10.0. The van der Waals surface area contributed by atoms with E-state index in [9.17, 15) is 14.7 Å². The zero-order valence-corrected chi connectivity index (χ0v) is 19.7. The predicted molar refractivity (Wildman–Crippen MR) is 132 cm³/mol. The van der Waals surface area contributed by atoms with Gasteiger partial charge in [-0.3, -0.25) is 9.36 Å². The molecule has 10 nitrogen and oxygen atoms in total. The number of benzene rings is 2. The number of anilines is 1. The van der Waals surface area contributed by atoms with Crippen LogP contribution in [0.25, 0.3) is 11.2 Å². The van der Waals surface area contributed by atoms with E-state index in [0.717, 1.165) is 0 Å². The summed E-state index contributed by atoms with van der Waals surface area (Å²) in [5, 5.41) is 13.5. The van der Waals surface area contributed by atoms with Gasteiger partial charge in [-0.2, -0.15) is 0 Å². The first-order valence-corrected chi connectivity index (χ1v) is 12.3. The maximum Gasteiger partial charge on any atom is 0.338 e. The molecule has 4 atom stereocenters. The second kappa shape index (κ2) is 9.01. The van der Waals surface area contributed by atoms with Gasteiger partial charge in [0.05, 0.1) is 17.1 Å². The SMILES string of the molecule is O=C(Nc1ncnc2c1ncn2[C@@H]1O[C@]2(COC(=O)c3ccccc3)CSC1C2O)c1ccccc1. The fourth-order valence-corrected chi connectivity index (χ4v) is 6.06. The molecule has 4 aromatic rings.